The van der Waals surface area contributed by atoms with Crippen LogP contribution in [0.2, 0.25) is 0 Å². The summed E-state index contributed by atoms with van der Waals surface area (Å²) in [4.78, 5) is 14.6. The highest BCUT2D eigenvalue weighted by molar-refractivity contribution is 5.94. The van der Waals surface area contributed by atoms with Crippen LogP contribution in [0.1, 0.15) is 39.5 Å². The van der Waals surface area contributed by atoms with E-state index >= 15 is 0 Å². The van der Waals surface area contributed by atoms with Crippen molar-refractivity contribution in [2.45, 2.75) is 51.6 Å². The van der Waals surface area contributed by atoms with Gasteiger partial charge in [0.15, 0.2) is 0 Å². The molecule has 0 aliphatic heterocycles. The van der Waals surface area contributed by atoms with Gasteiger partial charge in [-0.3, -0.25) is 9.69 Å². The number of carbonyl (C=O) groups excluding carboxylic acids is 1. The van der Waals surface area contributed by atoms with Crippen molar-refractivity contribution in [1.82, 2.24) is 4.90 Å². The molecular weight excluding hydrogens is 262 g/mol. The molecule has 21 heavy (non-hydrogen) atoms. The van der Waals surface area contributed by atoms with E-state index in [2.05, 4.69) is 24.2 Å². The molecule has 116 valence electrons. The van der Waals surface area contributed by atoms with Gasteiger partial charge in [-0.15, -0.1) is 0 Å². The molecular formula is C17H27N3O. The lowest BCUT2D eigenvalue weighted by molar-refractivity contribution is -0.121. The summed E-state index contributed by atoms with van der Waals surface area (Å²) in [5, 5.41) is 2.96. The molecule has 2 rings (SSSR count). The summed E-state index contributed by atoms with van der Waals surface area (Å²) in [6.45, 7) is 4.27. The van der Waals surface area contributed by atoms with E-state index in [4.69, 9.17) is 5.73 Å². The maximum atomic E-state index is 12.4. The van der Waals surface area contributed by atoms with E-state index in [1.54, 1.807) is 6.07 Å². The van der Waals surface area contributed by atoms with Gasteiger partial charge in [0.2, 0.25) is 5.91 Å². The van der Waals surface area contributed by atoms with Crippen LogP contribution in [0.4, 0.5) is 11.4 Å². The molecule has 0 aromatic heterocycles. The Bertz CT molecular complexity index is 489. The minimum absolute atomic E-state index is 0.0286. The molecule has 1 amide bonds. The summed E-state index contributed by atoms with van der Waals surface area (Å²) in [7, 11) is 2.07. The maximum Gasteiger partial charge on any atom is 0.241 e. The van der Waals surface area contributed by atoms with Gasteiger partial charge >= 0.3 is 0 Å². The van der Waals surface area contributed by atoms with E-state index in [0.29, 0.717) is 17.6 Å². The molecule has 3 atom stereocenters. The highest BCUT2D eigenvalue weighted by atomic mass is 16.2. The second-order valence-corrected chi connectivity index (χ2v) is 6.29. The van der Waals surface area contributed by atoms with E-state index < -0.39 is 0 Å². The number of hydrogen-bond donors (Lipinski definition) is 2. The molecule has 0 bridgehead atoms. The van der Waals surface area contributed by atoms with E-state index in [1.807, 2.05) is 25.1 Å². The molecule has 4 heteroatoms. The second kappa shape index (κ2) is 6.94. The van der Waals surface area contributed by atoms with Crippen molar-refractivity contribution in [2.75, 3.05) is 18.1 Å². The number of nitrogens with one attached hydrogen (secondary N) is 1. The van der Waals surface area contributed by atoms with Crippen molar-refractivity contribution in [3.63, 3.8) is 0 Å². The van der Waals surface area contributed by atoms with Crippen molar-refractivity contribution in [3.05, 3.63) is 24.3 Å². The molecule has 0 saturated heterocycles. The first kappa shape index (κ1) is 15.8. The standard InChI is InChI=1S/C17H27N3O/c1-12-7-4-5-10-16(12)20(3)13(2)17(21)19-15-9-6-8-14(18)11-15/h6,8-9,11-13,16H,4-5,7,10,18H2,1-3H3,(H,19,21). The van der Waals surface area contributed by atoms with Crippen LogP contribution in [-0.2, 0) is 4.79 Å². The van der Waals surface area contributed by atoms with Gasteiger partial charge in [0.05, 0.1) is 6.04 Å². The predicted octanol–water partition coefficient (Wildman–Crippen LogP) is 3.11. The van der Waals surface area contributed by atoms with E-state index in [-0.39, 0.29) is 11.9 Å². The second-order valence-electron chi connectivity index (χ2n) is 6.29. The zero-order valence-electron chi connectivity index (χ0n) is 13.3. The molecule has 1 aromatic carbocycles. The third kappa shape index (κ3) is 3.97. The van der Waals surface area contributed by atoms with E-state index in [9.17, 15) is 4.79 Å². The fraction of sp³-hybridized carbons (Fsp3) is 0.588. The van der Waals surface area contributed by atoms with E-state index in [0.717, 1.165) is 5.69 Å². The first-order valence-electron chi connectivity index (χ1n) is 7.87. The van der Waals surface area contributed by atoms with Gasteiger partial charge < -0.3 is 11.1 Å². The molecule has 1 aliphatic carbocycles. The van der Waals surface area contributed by atoms with Gasteiger partial charge in [-0.25, -0.2) is 0 Å². The smallest absolute Gasteiger partial charge is 0.241 e. The average Bonchev–Trinajstić information content (AvgIpc) is 2.46. The summed E-state index contributed by atoms with van der Waals surface area (Å²) < 4.78 is 0. The summed E-state index contributed by atoms with van der Waals surface area (Å²) in [6, 6.07) is 7.67. The van der Waals surface area contributed by atoms with Crippen LogP contribution >= 0.6 is 0 Å². The number of nitrogens with zero attached hydrogens (tertiary/aromatic N) is 1. The van der Waals surface area contributed by atoms with Crippen LogP contribution in [0.15, 0.2) is 24.3 Å². The molecule has 1 saturated carbocycles. The Balaban J connectivity index is 1.98. The Labute approximate surface area is 127 Å². The molecule has 1 aromatic rings. The molecule has 0 heterocycles. The number of amides is 1. The number of rotatable bonds is 4. The molecule has 0 radical (unpaired) electrons. The Kier molecular flexibility index (Phi) is 5.23. The number of hydrogen-bond acceptors (Lipinski definition) is 3. The number of anilines is 2. The molecule has 1 fully saturated rings. The lowest BCUT2D eigenvalue weighted by Gasteiger charge is -2.39. The highest BCUT2D eigenvalue weighted by Crippen LogP contribution is 2.28. The first-order chi connectivity index (χ1) is 9.99. The third-order valence-electron chi connectivity index (χ3n) is 4.73. The fourth-order valence-corrected chi connectivity index (χ4v) is 3.24. The monoisotopic (exact) mass is 289 g/mol. The van der Waals surface area contributed by atoms with Crippen molar-refractivity contribution in [2.24, 2.45) is 5.92 Å². The first-order valence-corrected chi connectivity index (χ1v) is 7.87. The predicted molar refractivity (Wildman–Crippen MR) is 88.1 cm³/mol. The highest BCUT2D eigenvalue weighted by Gasteiger charge is 2.30. The Morgan fingerprint density at radius 3 is 2.76 bits per heavy atom. The van der Waals surface area contributed by atoms with Crippen molar-refractivity contribution in [1.29, 1.82) is 0 Å². The summed E-state index contributed by atoms with van der Waals surface area (Å²) in [5.74, 6) is 0.687. The molecule has 1 aliphatic rings. The van der Waals surface area contributed by atoms with Gasteiger partial charge in [-0.05, 0) is 50.9 Å². The summed E-state index contributed by atoms with van der Waals surface area (Å²) >= 11 is 0. The van der Waals surface area contributed by atoms with E-state index in [1.165, 1.54) is 25.7 Å². The SMILES string of the molecule is CC1CCCCC1N(C)C(C)C(=O)Nc1cccc(N)c1. The van der Waals surface area contributed by atoms with Crippen molar-refractivity contribution in [3.8, 4) is 0 Å². The maximum absolute atomic E-state index is 12.4. The van der Waals surface area contributed by atoms with Crippen molar-refractivity contribution >= 4 is 17.3 Å². The number of benzene rings is 1. The van der Waals surface area contributed by atoms with Gasteiger partial charge in [-0.2, -0.15) is 0 Å². The van der Waals surface area contributed by atoms with Gasteiger partial charge in [-0.1, -0.05) is 25.8 Å². The number of nitrogen functional groups attached to an aromatic ring is 1. The topological polar surface area (TPSA) is 58.4 Å². The van der Waals surface area contributed by atoms with Gasteiger partial charge in [0.25, 0.3) is 0 Å². The zero-order valence-corrected chi connectivity index (χ0v) is 13.3. The Morgan fingerprint density at radius 1 is 1.38 bits per heavy atom. The largest absolute Gasteiger partial charge is 0.399 e. The van der Waals surface area contributed by atoms with Crippen LogP contribution in [0.3, 0.4) is 0 Å². The molecule has 0 spiro atoms. The number of nitrogens with two attached hydrogens (primary N) is 1. The minimum atomic E-state index is -0.142. The molecule has 4 nitrogen and oxygen atoms in total. The van der Waals surface area contributed by atoms with Crippen LogP contribution < -0.4 is 11.1 Å². The number of likely N-dealkylation sites (N-methyl/N-ethyl adjacent to an activating group) is 1. The lowest BCUT2D eigenvalue weighted by Crippen LogP contribution is -2.48. The average molecular weight is 289 g/mol. The minimum Gasteiger partial charge on any atom is -0.399 e. The summed E-state index contributed by atoms with van der Waals surface area (Å²) in [5.41, 5.74) is 7.17. The number of carbonyl (C=O) groups is 1. The van der Waals surface area contributed by atoms with Crippen LogP contribution in [-0.4, -0.2) is 29.9 Å². The zero-order chi connectivity index (χ0) is 15.4. The van der Waals surface area contributed by atoms with Crippen LogP contribution in [0, 0.1) is 5.92 Å². The molecule has 3 unspecified atom stereocenters. The third-order valence-corrected chi connectivity index (χ3v) is 4.73. The fourth-order valence-electron chi connectivity index (χ4n) is 3.24. The van der Waals surface area contributed by atoms with Gasteiger partial charge in [0.1, 0.15) is 0 Å². The van der Waals surface area contributed by atoms with Crippen molar-refractivity contribution < 1.29 is 4.79 Å². The van der Waals surface area contributed by atoms with Crippen LogP contribution in [0.5, 0.6) is 0 Å². The van der Waals surface area contributed by atoms with Crippen LogP contribution in [0.25, 0.3) is 0 Å². The lowest BCUT2D eigenvalue weighted by atomic mass is 9.84. The van der Waals surface area contributed by atoms with Gasteiger partial charge in [0, 0.05) is 17.4 Å². The Hall–Kier alpha value is -1.55. The summed E-state index contributed by atoms with van der Waals surface area (Å²) in [6.07, 6.45) is 5.03. The normalized spacial score (nSPS) is 23.8. The molecule has 3 N–H and O–H groups in total. The quantitative estimate of drug-likeness (QED) is 0.837. The Morgan fingerprint density at radius 2 is 2.10 bits per heavy atom.